The Kier molecular flexibility index (Phi) is 3.88. The molecule has 0 spiro atoms. The minimum Gasteiger partial charge on any atom is -0.310 e. The summed E-state index contributed by atoms with van der Waals surface area (Å²) in [5, 5.41) is 3.42. The molecule has 1 aromatic heterocycles. The first-order valence-corrected chi connectivity index (χ1v) is 6.13. The fourth-order valence-corrected chi connectivity index (χ4v) is 2.26. The van der Waals surface area contributed by atoms with Crippen molar-refractivity contribution in [3.05, 3.63) is 29.8 Å². The van der Waals surface area contributed by atoms with E-state index in [1.54, 1.807) is 12.3 Å². The van der Waals surface area contributed by atoms with Crippen molar-refractivity contribution in [2.75, 3.05) is 6.54 Å². The van der Waals surface area contributed by atoms with E-state index < -0.39 is 0 Å². The summed E-state index contributed by atoms with van der Waals surface area (Å²) < 4.78 is 13.1. The van der Waals surface area contributed by atoms with Gasteiger partial charge in [0.2, 0.25) is 0 Å². The van der Waals surface area contributed by atoms with Crippen LogP contribution in [0.25, 0.3) is 0 Å². The number of rotatable bonds is 5. The van der Waals surface area contributed by atoms with Crippen LogP contribution in [0, 0.1) is 11.7 Å². The summed E-state index contributed by atoms with van der Waals surface area (Å²) in [6, 6.07) is 1.86. The lowest BCUT2D eigenvalue weighted by Gasteiger charge is -2.30. The Labute approximate surface area is 96.3 Å². The molecule has 0 radical (unpaired) electrons. The SMILES string of the molecule is CCNC(CC1CCC1)c1cncc(F)c1. The van der Waals surface area contributed by atoms with Crippen molar-refractivity contribution in [3.8, 4) is 0 Å². The van der Waals surface area contributed by atoms with E-state index in [4.69, 9.17) is 0 Å². The highest BCUT2D eigenvalue weighted by Crippen LogP contribution is 2.34. The smallest absolute Gasteiger partial charge is 0.141 e. The van der Waals surface area contributed by atoms with E-state index in [1.165, 1.54) is 25.5 Å². The topological polar surface area (TPSA) is 24.9 Å². The number of hydrogen-bond donors (Lipinski definition) is 1. The molecular weight excluding hydrogens is 203 g/mol. The number of nitrogens with zero attached hydrogens (tertiary/aromatic N) is 1. The van der Waals surface area contributed by atoms with Gasteiger partial charge in [0.05, 0.1) is 6.20 Å². The highest BCUT2D eigenvalue weighted by Gasteiger charge is 2.22. The average Bonchev–Trinajstić information content (AvgIpc) is 2.21. The number of nitrogens with one attached hydrogen (secondary N) is 1. The second-order valence-electron chi connectivity index (χ2n) is 4.58. The van der Waals surface area contributed by atoms with Gasteiger partial charge in [-0.1, -0.05) is 26.2 Å². The minimum atomic E-state index is -0.242. The van der Waals surface area contributed by atoms with Crippen molar-refractivity contribution >= 4 is 0 Å². The predicted octanol–water partition coefficient (Wildman–Crippen LogP) is 3.06. The van der Waals surface area contributed by atoms with Crippen molar-refractivity contribution < 1.29 is 4.39 Å². The van der Waals surface area contributed by atoms with Gasteiger partial charge in [-0.15, -0.1) is 0 Å². The standard InChI is InChI=1S/C13H19FN2/c1-2-16-13(6-10-4-3-5-10)11-7-12(14)9-15-8-11/h7-10,13,16H,2-6H2,1H3. The zero-order valence-corrected chi connectivity index (χ0v) is 9.75. The van der Waals surface area contributed by atoms with E-state index in [0.29, 0.717) is 0 Å². The van der Waals surface area contributed by atoms with Crippen molar-refractivity contribution in [1.82, 2.24) is 10.3 Å². The fraction of sp³-hybridized carbons (Fsp3) is 0.615. The Morgan fingerprint density at radius 2 is 2.31 bits per heavy atom. The lowest BCUT2D eigenvalue weighted by Crippen LogP contribution is -2.26. The van der Waals surface area contributed by atoms with E-state index in [9.17, 15) is 4.39 Å². The molecule has 1 fully saturated rings. The van der Waals surface area contributed by atoms with Crippen LogP contribution in [0.1, 0.15) is 44.2 Å². The molecule has 1 atom stereocenters. The zero-order valence-electron chi connectivity index (χ0n) is 9.75. The third kappa shape index (κ3) is 2.79. The molecule has 0 amide bonds. The maximum Gasteiger partial charge on any atom is 0.141 e. The van der Waals surface area contributed by atoms with Crippen LogP contribution in [0.15, 0.2) is 18.5 Å². The maximum atomic E-state index is 13.1. The van der Waals surface area contributed by atoms with Crippen molar-refractivity contribution in [2.24, 2.45) is 5.92 Å². The molecule has 0 aromatic carbocycles. The molecule has 1 aromatic rings. The van der Waals surface area contributed by atoms with E-state index in [0.717, 1.165) is 24.4 Å². The summed E-state index contributed by atoms with van der Waals surface area (Å²) in [7, 11) is 0. The van der Waals surface area contributed by atoms with Gasteiger partial charge in [-0.25, -0.2) is 4.39 Å². The highest BCUT2D eigenvalue weighted by atomic mass is 19.1. The second-order valence-corrected chi connectivity index (χ2v) is 4.58. The minimum absolute atomic E-state index is 0.242. The first-order chi connectivity index (χ1) is 7.79. The lowest BCUT2D eigenvalue weighted by atomic mass is 9.80. The summed E-state index contributed by atoms with van der Waals surface area (Å²) in [5.74, 6) is 0.571. The van der Waals surface area contributed by atoms with Crippen LogP contribution in [0.5, 0.6) is 0 Å². The van der Waals surface area contributed by atoms with Gasteiger partial charge < -0.3 is 5.32 Å². The molecule has 1 saturated carbocycles. The Balaban J connectivity index is 2.04. The average molecular weight is 222 g/mol. The highest BCUT2D eigenvalue weighted by molar-refractivity contribution is 5.15. The Morgan fingerprint density at radius 1 is 1.50 bits per heavy atom. The summed E-state index contributed by atoms with van der Waals surface area (Å²) in [6.45, 7) is 2.99. The van der Waals surface area contributed by atoms with Crippen molar-refractivity contribution in [2.45, 2.75) is 38.6 Å². The van der Waals surface area contributed by atoms with Crippen LogP contribution in [0.3, 0.4) is 0 Å². The maximum absolute atomic E-state index is 13.1. The number of hydrogen-bond acceptors (Lipinski definition) is 2. The van der Waals surface area contributed by atoms with Crippen LogP contribution in [0.2, 0.25) is 0 Å². The summed E-state index contributed by atoms with van der Waals surface area (Å²) >= 11 is 0. The second kappa shape index (κ2) is 5.39. The van der Waals surface area contributed by atoms with Gasteiger partial charge in [-0.3, -0.25) is 4.98 Å². The van der Waals surface area contributed by atoms with Gasteiger partial charge in [0.25, 0.3) is 0 Å². The van der Waals surface area contributed by atoms with Crippen molar-refractivity contribution in [3.63, 3.8) is 0 Å². The molecule has 3 heteroatoms. The third-order valence-corrected chi connectivity index (χ3v) is 3.37. The van der Waals surface area contributed by atoms with E-state index in [-0.39, 0.29) is 11.9 Å². The van der Waals surface area contributed by atoms with E-state index in [2.05, 4.69) is 17.2 Å². The molecule has 2 rings (SSSR count). The summed E-state index contributed by atoms with van der Waals surface area (Å²) in [6.07, 6.45) is 8.14. The Morgan fingerprint density at radius 3 is 2.88 bits per heavy atom. The first-order valence-electron chi connectivity index (χ1n) is 6.13. The molecule has 2 nitrogen and oxygen atoms in total. The molecule has 1 heterocycles. The zero-order chi connectivity index (χ0) is 11.4. The number of halogens is 1. The van der Waals surface area contributed by atoms with Gasteiger partial charge in [0.15, 0.2) is 0 Å². The van der Waals surface area contributed by atoms with Gasteiger partial charge >= 0.3 is 0 Å². The summed E-state index contributed by atoms with van der Waals surface area (Å²) in [4.78, 5) is 3.92. The molecule has 88 valence electrons. The number of pyridine rings is 1. The molecular formula is C13H19FN2. The molecule has 1 aliphatic rings. The molecule has 1 aliphatic carbocycles. The molecule has 0 aliphatic heterocycles. The molecule has 1 unspecified atom stereocenters. The van der Waals surface area contributed by atoms with Gasteiger partial charge in [0, 0.05) is 12.2 Å². The molecule has 0 saturated heterocycles. The van der Waals surface area contributed by atoms with Crippen LogP contribution in [-0.4, -0.2) is 11.5 Å². The van der Waals surface area contributed by atoms with Crippen LogP contribution in [-0.2, 0) is 0 Å². The largest absolute Gasteiger partial charge is 0.310 e. The van der Waals surface area contributed by atoms with Crippen LogP contribution in [0.4, 0.5) is 4.39 Å². The Hall–Kier alpha value is -0.960. The first kappa shape index (κ1) is 11.5. The monoisotopic (exact) mass is 222 g/mol. The molecule has 1 N–H and O–H groups in total. The van der Waals surface area contributed by atoms with Gasteiger partial charge in [-0.05, 0) is 30.5 Å². The van der Waals surface area contributed by atoms with Crippen LogP contribution < -0.4 is 5.32 Å². The van der Waals surface area contributed by atoms with E-state index >= 15 is 0 Å². The predicted molar refractivity (Wildman–Crippen MR) is 62.6 cm³/mol. The fourth-order valence-electron chi connectivity index (χ4n) is 2.26. The third-order valence-electron chi connectivity index (χ3n) is 3.37. The Bertz CT molecular complexity index is 336. The quantitative estimate of drug-likeness (QED) is 0.828. The molecule has 16 heavy (non-hydrogen) atoms. The molecule has 0 bridgehead atoms. The number of aromatic nitrogens is 1. The lowest BCUT2D eigenvalue weighted by molar-refractivity contribution is 0.262. The normalized spacial score (nSPS) is 18.1. The van der Waals surface area contributed by atoms with Gasteiger partial charge in [0.1, 0.15) is 5.82 Å². The van der Waals surface area contributed by atoms with Crippen LogP contribution >= 0.6 is 0 Å². The van der Waals surface area contributed by atoms with Gasteiger partial charge in [-0.2, -0.15) is 0 Å². The van der Waals surface area contributed by atoms with Crippen molar-refractivity contribution in [1.29, 1.82) is 0 Å². The summed E-state index contributed by atoms with van der Waals surface area (Å²) in [5.41, 5.74) is 0.980. The van der Waals surface area contributed by atoms with E-state index in [1.807, 2.05) is 0 Å².